The van der Waals surface area contributed by atoms with Crippen molar-refractivity contribution in [2.45, 2.75) is 22.7 Å². The van der Waals surface area contributed by atoms with Crippen LogP contribution < -0.4 is 10.6 Å². The van der Waals surface area contributed by atoms with Crippen LogP contribution in [-0.2, 0) is 9.59 Å². The maximum absolute atomic E-state index is 12.1. The average Bonchev–Trinajstić information content (AvgIpc) is 2.66. The standard InChI is InChI=1S/C18H17N3O5S/c22-14(11-5-7-12(8-6-11)21(25)26)10-19-17(23)9-16-18(24)20-13-3-1-2-4-15(13)27-16/h1-8,14,16,22H,9-10H2,(H,19,23)(H,20,24). The van der Waals surface area contributed by atoms with Crippen molar-refractivity contribution >= 4 is 35.0 Å². The molecule has 3 N–H and O–H groups in total. The fourth-order valence-corrected chi connectivity index (χ4v) is 3.72. The van der Waals surface area contributed by atoms with E-state index in [1.54, 1.807) is 6.07 Å². The number of carbonyl (C=O) groups excluding carboxylic acids is 2. The number of rotatable bonds is 6. The topological polar surface area (TPSA) is 122 Å². The lowest BCUT2D eigenvalue weighted by atomic mass is 10.1. The number of nitrogens with zero attached hydrogens (tertiary/aromatic N) is 1. The van der Waals surface area contributed by atoms with E-state index in [1.165, 1.54) is 36.0 Å². The first-order chi connectivity index (χ1) is 12.9. The van der Waals surface area contributed by atoms with Gasteiger partial charge in [0.25, 0.3) is 5.69 Å². The highest BCUT2D eigenvalue weighted by molar-refractivity contribution is 8.01. The number of nitro groups is 1. The van der Waals surface area contributed by atoms with Crippen molar-refractivity contribution in [3.63, 3.8) is 0 Å². The second-order valence-corrected chi connectivity index (χ2v) is 7.21. The van der Waals surface area contributed by atoms with Gasteiger partial charge in [-0.1, -0.05) is 12.1 Å². The highest BCUT2D eigenvalue weighted by Gasteiger charge is 2.28. The van der Waals surface area contributed by atoms with Gasteiger partial charge in [-0.25, -0.2) is 0 Å². The zero-order chi connectivity index (χ0) is 19.4. The van der Waals surface area contributed by atoms with Crippen LogP contribution in [0.5, 0.6) is 0 Å². The molecule has 9 heteroatoms. The summed E-state index contributed by atoms with van der Waals surface area (Å²) in [5.41, 5.74) is 1.12. The fourth-order valence-electron chi connectivity index (χ4n) is 2.61. The Kier molecular flexibility index (Phi) is 5.72. The van der Waals surface area contributed by atoms with Crippen molar-refractivity contribution < 1.29 is 19.6 Å². The Bertz CT molecular complexity index is 872. The molecule has 0 spiro atoms. The molecule has 0 aliphatic carbocycles. The number of aliphatic hydroxyl groups excluding tert-OH is 1. The number of fused-ring (bicyclic) bond motifs is 1. The summed E-state index contributed by atoms with van der Waals surface area (Å²) < 4.78 is 0. The second kappa shape index (κ2) is 8.19. The first-order valence-corrected chi connectivity index (χ1v) is 9.07. The molecular formula is C18H17N3O5S. The summed E-state index contributed by atoms with van der Waals surface area (Å²) in [6.07, 6.45) is -1.01. The van der Waals surface area contributed by atoms with E-state index in [0.29, 0.717) is 5.56 Å². The summed E-state index contributed by atoms with van der Waals surface area (Å²) >= 11 is 1.33. The van der Waals surface area contributed by atoms with E-state index < -0.39 is 16.3 Å². The van der Waals surface area contributed by atoms with E-state index in [-0.39, 0.29) is 30.5 Å². The van der Waals surface area contributed by atoms with Crippen LogP contribution in [0.4, 0.5) is 11.4 Å². The number of non-ortho nitro benzene ring substituents is 1. The van der Waals surface area contributed by atoms with Gasteiger partial charge in [0.1, 0.15) is 0 Å². The summed E-state index contributed by atoms with van der Waals surface area (Å²) in [6, 6.07) is 12.8. The smallest absolute Gasteiger partial charge is 0.269 e. The lowest BCUT2D eigenvalue weighted by Gasteiger charge is -2.23. The first-order valence-electron chi connectivity index (χ1n) is 8.19. The van der Waals surface area contributed by atoms with Crippen molar-refractivity contribution in [3.8, 4) is 0 Å². The van der Waals surface area contributed by atoms with Crippen molar-refractivity contribution in [2.75, 3.05) is 11.9 Å². The molecule has 0 bridgehead atoms. The summed E-state index contributed by atoms with van der Waals surface area (Å²) in [6.45, 7) is -0.0494. The Morgan fingerprint density at radius 2 is 1.96 bits per heavy atom. The van der Waals surface area contributed by atoms with Gasteiger partial charge >= 0.3 is 0 Å². The van der Waals surface area contributed by atoms with E-state index in [9.17, 15) is 24.8 Å². The third-order valence-corrected chi connectivity index (χ3v) is 5.33. The van der Waals surface area contributed by atoms with Crippen LogP contribution >= 0.6 is 11.8 Å². The Hall–Kier alpha value is -2.91. The maximum Gasteiger partial charge on any atom is 0.269 e. The van der Waals surface area contributed by atoms with Gasteiger partial charge in [0.05, 0.1) is 22.0 Å². The van der Waals surface area contributed by atoms with Gasteiger partial charge < -0.3 is 15.7 Å². The average molecular weight is 387 g/mol. The third kappa shape index (κ3) is 4.63. The molecule has 0 aromatic heterocycles. The molecule has 2 aromatic rings. The quantitative estimate of drug-likeness (QED) is 0.516. The number of carbonyl (C=O) groups is 2. The van der Waals surface area contributed by atoms with Crippen molar-refractivity contribution in [1.82, 2.24) is 5.32 Å². The largest absolute Gasteiger partial charge is 0.387 e. The molecule has 2 aromatic carbocycles. The minimum atomic E-state index is -0.997. The predicted molar refractivity (Wildman–Crippen MR) is 100 cm³/mol. The normalized spacial score (nSPS) is 16.8. The number of benzene rings is 2. The molecule has 2 atom stereocenters. The van der Waals surface area contributed by atoms with E-state index in [2.05, 4.69) is 10.6 Å². The molecule has 2 unspecified atom stereocenters. The Morgan fingerprint density at radius 3 is 2.67 bits per heavy atom. The molecule has 2 amide bonds. The lowest BCUT2D eigenvalue weighted by molar-refractivity contribution is -0.384. The fraction of sp³-hybridized carbons (Fsp3) is 0.222. The van der Waals surface area contributed by atoms with E-state index in [1.807, 2.05) is 18.2 Å². The summed E-state index contributed by atoms with van der Waals surface area (Å²) in [4.78, 5) is 35.3. The van der Waals surface area contributed by atoms with Crippen molar-refractivity contribution in [3.05, 3.63) is 64.2 Å². The molecule has 1 aliphatic rings. The molecule has 0 fully saturated rings. The van der Waals surface area contributed by atoms with Gasteiger partial charge in [-0.2, -0.15) is 0 Å². The number of hydrogen-bond acceptors (Lipinski definition) is 6. The number of nitro benzene ring substituents is 1. The number of para-hydroxylation sites is 1. The van der Waals surface area contributed by atoms with Crippen LogP contribution in [0.2, 0.25) is 0 Å². The van der Waals surface area contributed by atoms with E-state index in [4.69, 9.17) is 0 Å². The van der Waals surface area contributed by atoms with Crippen LogP contribution in [0.25, 0.3) is 0 Å². The van der Waals surface area contributed by atoms with Gasteiger partial charge in [0.15, 0.2) is 0 Å². The Labute approximate surface area is 159 Å². The number of amides is 2. The van der Waals surface area contributed by atoms with Gasteiger partial charge in [-0.15, -0.1) is 11.8 Å². The number of nitrogens with one attached hydrogen (secondary N) is 2. The molecule has 0 radical (unpaired) electrons. The van der Waals surface area contributed by atoms with Gasteiger partial charge in [0.2, 0.25) is 11.8 Å². The molecule has 8 nitrogen and oxygen atoms in total. The second-order valence-electron chi connectivity index (χ2n) is 5.96. The third-order valence-electron chi connectivity index (χ3n) is 4.06. The molecule has 3 rings (SSSR count). The van der Waals surface area contributed by atoms with Crippen LogP contribution in [0.15, 0.2) is 53.4 Å². The zero-order valence-electron chi connectivity index (χ0n) is 14.1. The van der Waals surface area contributed by atoms with Crippen molar-refractivity contribution in [2.24, 2.45) is 0 Å². The Balaban J connectivity index is 1.52. The summed E-state index contributed by atoms with van der Waals surface area (Å²) in [7, 11) is 0. The van der Waals surface area contributed by atoms with E-state index >= 15 is 0 Å². The molecule has 0 saturated carbocycles. The number of thioether (sulfide) groups is 1. The molecular weight excluding hydrogens is 370 g/mol. The van der Waals surface area contributed by atoms with Gasteiger partial charge in [0, 0.05) is 30.0 Å². The van der Waals surface area contributed by atoms with Crippen LogP contribution in [0.3, 0.4) is 0 Å². The maximum atomic E-state index is 12.1. The number of aliphatic hydroxyl groups is 1. The summed E-state index contributed by atoms with van der Waals surface area (Å²) in [5, 5.41) is 25.6. The Morgan fingerprint density at radius 1 is 1.26 bits per heavy atom. The molecule has 27 heavy (non-hydrogen) atoms. The first kappa shape index (κ1) is 18.9. The monoisotopic (exact) mass is 387 g/mol. The van der Waals surface area contributed by atoms with E-state index in [0.717, 1.165) is 10.6 Å². The highest BCUT2D eigenvalue weighted by Crippen LogP contribution is 2.36. The number of anilines is 1. The van der Waals surface area contributed by atoms with Crippen LogP contribution in [-0.4, -0.2) is 33.6 Å². The van der Waals surface area contributed by atoms with Gasteiger partial charge in [-0.3, -0.25) is 19.7 Å². The molecule has 1 heterocycles. The highest BCUT2D eigenvalue weighted by atomic mass is 32.2. The number of hydrogen-bond donors (Lipinski definition) is 3. The van der Waals surface area contributed by atoms with Crippen molar-refractivity contribution in [1.29, 1.82) is 0 Å². The zero-order valence-corrected chi connectivity index (χ0v) is 14.9. The summed E-state index contributed by atoms with van der Waals surface area (Å²) in [5.74, 6) is -0.590. The lowest BCUT2D eigenvalue weighted by Crippen LogP contribution is -2.36. The molecule has 1 aliphatic heterocycles. The van der Waals surface area contributed by atoms with Crippen LogP contribution in [0, 0.1) is 10.1 Å². The SMILES string of the molecule is O=C(CC1Sc2ccccc2NC1=O)NCC(O)c1ccc([N+](=O)[O-])cc1. The van der Waals surface area contributed by atoms with Gasteiger partial charge in [-0.05, 0) is 29.8 Å². The predicted octanol–water partition coefficient (Wildman–Crippen LogP) is 2.25. The van der Waals surface area contributed by atoms with Crippen LogP contribution in [0.1, 0.15) is 18.1 Å². The minimum absolute atomic E-state index is 0.0161. The minimum Gasteiger partial charge on any atom is -0.387 e. The molecule has 140 valence electrons. The molecule has 0 saturated heterocycles.